The SMILES string of the molecule is COc1cc(F)c(C(C)NC(=O)CC(C)C2CCCNC2)cc1OC.Cl. The number of piperidine rings is 1. The van der Waals surface area contributed by atoms with Crippen LogP contribution < -0.4 is 20.1 Å². The zero-order chi connectivity index (χ0) is 18.4. The third kappa shape index (κ3) is 5.74. The number of amides is 1. The first kappa shape index (κ1) is 22.5. The lowest BCUT2D eigenvalue weighted by molar-refractivity contribution is -0.123. The molecule has 1 aliphatic heterocycles. The first-order valence-electron chi connectivity index (χ1n) is 8.87. The molecule has 1 aliphatic rings. The molecule has 0 aliphatic carbocycles. The second kappa shape index (κ2) is 10.6. The molecule has 0 bridgehead atoms. The molecule has 5 nitrogen and oxygen atoms in total. The van der Waals surface area contributed by atoms with Crippen LogP contribution in [-0.2, 0) is 4.79 Å². The number of nitrogens with one attached hydrogen (secondary N) is 2. The van der Waals surface area contributed by atoms with E-state index in [1.165, 1.54) is 20.3 Å². The maximum Gasteiger partial charge on any atom is 0.220 e. The smallest absolute Gasteiger partial charge is 0.220 e. The van der Waals surface area contributed by atoms with E-state index in [-0.39, 0.29) is 18.3 Å². The summed E-state index contributed by atoms with van der Waals surface area (Å²) in [5.41, 5.74) is 0.387. The number of ether oxygens (including phenoxy) is 2. The highest BCUT2D eigenvalue weighted by atomic mass is 35.5. The first-order chi connectivity index (χ1) is 12.0. The van der Waals surface area contributed by atoms with Crippen molar-refractivity contribution in [2.75, 3.05) is 27.3 Å². The number of carbonyl (C=O) groups excluding carboxylic acids is 1. The Labute approximate surface area is 161 Å². The Morgan fingerprint density at radius 1 is 1.31 bits per heavy atom. The number of hydrogen-bond acceptors (Lipinski definition) is 4. The van der Waals surface area contributed by atoms with Crippen LogP contribution in [0, 0.1) is 17.7 Å². The fourth-order valence-corrected chi connectivity index (χ4v) is 3.40. The average molecular weight is 389 g/mol. The van der Waals surface area contributed by atoms with E-state index < -0.39 is 11.9 Å². The minimum Gasteiger partial charge on any atom is -0.493 e. The van der Waals surface area contributed by atoms with Gasteiger partial charge in [-0.1, -0.05) is 6.92 Å². The molecule has 0 saturated carbocycles. The summed E-state index contributed by atoms with van der Waals surface area (Å²) < 4.78 is 24.6. The maximum absolute atomic E-state index is 14.3. The molecule has 26 heavy (non-hydrogen) atoms. The van der Waals surface area contributed by atoms with E-state index in [0.717, 1.165) is 25.9 Å². The van der Waals surface area contributed by atoms with Gasteiger partial charge in [0.2, 0.25) is 5.91 Å². The van der Waals surface area contributed by atoms with Gasteiger partial charge in [-0.15, -0.1) is 12.4 Å². The lowest BCUT2D eigenvalue weighted by Crippen LogP contribution is -2.36. The van der Waals surface area contributed by atoms with Crippen molar-refractivity contribution in [1.29, 1.82) is 0 Å². The predicted molar refractivity (Wildman–Crippen MR) is 103 cm³/mol. The van der Waals surface area contributed by atoms with E-state index >= 15 is 0 Å². The zero-order valence-electron chi connectivity index (χ0n) is 15.9. The van der Waals surface area contributed by atoms with Gasteiger partial charge in [-0.3, -0.25) is 4.79 Å². The number of benzene rings is 1. The molecule has 1 saturated heterocycles. The number of rotatable bonds is 7. The highest BCUT2D eigenvalue weighted by Gasteiger charge is 2.23. The topological polar surface area (TPSA) is 59.6 Å². The van der Waals surface area contributed by atoms with Crippen LogP contribution in [0.5, 0.6) is 11.5 Å². The van der Waals surface area contributed by atoms with Crippen molar-refractivity contribution in [1.82, 2.24) is 10.6 Å². The summed E-state index contributed by atoms with van der Waals surface area (Å²) in [6, 6.07) is 2.42. The average Bonchev–Trinajstić information content (AvgIpc) is 2.61. The van der Waals surface area contributed by atoms with Crippen molar-refractivity contribution in [3.8, 4) is 11.5 Å². The third-order valence-corrected chi connectivity index (χ3v) is 4.99. The number of carbonyl (C=O) groups is 1. The van der Waals surface area contributed by atoms with Gasteiger partial charge in [0.05, 0.1) is 20.3 Å². The van der Waals surface area contributed by atoms with Crippen molar-refractivity contribution in [3.05, 3.63) is 23.5 Å². The summed E-state index contributed by atoms with van der Waals surface area (Å²) in [5, 5.41) is 6.28. The number of hydrogen-bond donors (Lipinski definition) is 2. The van der Waals surface area contributed by atoms with Crippen LogP contribution in [0.15, 0.2) is 12.1 Å². The second-order valence-electron chi connectivity index (χ2n) is 6.81. The standard InChI is InChI=1S/C19H29FN2O3.ClH/c1-12(14-6-5-7-21-11-14)8-19(23)22-13(2)15-9-17(24-3)18(25-4)10-16(15)20;/h9-10,12-14,21H,5-8,11H2,1-4H3,(H,22,23);1H. The molecular weight excluding hydrogens is 359 g/mol. The minimum absolute atomic E-state index is 0. The summed E-state index contributed by atoms with van der Waals surface area (Å²) in [4.78, 5) is 12.4. The number of methoxy groups -OCH3 is 2. The molecule has 0 radical (unpaired) electrons. The van der Waals surface area contributed by atoms with E-state index in [1.807, 2.05) is 0 Å². The molecule has 0 aromatic heterocycles. The van der Waals surface area contributed by atoms with E-state index in [1.54, 1.807) is 13.0 Å². The molecule has 0 spiro atoms. The molecule has 148 valence electrons. The highest BCUT2D eigenvalue weighted by Crippen LogP contribution is 2.32. The van der Waals surface area contributed by atoms with Crippen LogP contribution in [0.2, 0.25) is 0 Å². The van der Waals surface area contributed by atoms with Gasteiger partial charge in [-0.05, 0) is 50.8 Å². The van der Waals surface area contributed by atoms with Crippen LogP contribution in [0.3, 0.4) is 0 Å². The van der Waals surface area contributed by atoms with Gasteiger partial charge >= 0.3 is 0 Å². The van der Waals surface area contributed by atoms with Crippen molar-refractivity contribution < 1.29 is 18.7 Å². The van der Waals surface area contributed by atoms with Crippen LogP contribution in [0.4, 0.5) is 4.39 Å². The summed E-state index contributed by atoms with van der Waals surface area (Å²) in [5.74, 6) is 1.12. The van der Waals surface area contributed by atoms with Crippen molar-refractivity contribution in [3.63, 3.8) is 0 Å². The van der Waals surface area contributed by atoms with E-state index in [4.69, 9.17) is 9.47 Å². The first-order valence-corrected chi connectivity index (χ1v) is 8.87. The minimum atomic E-state index is -0.441. The summed E-state index contributed by atoms with van der Waals surface area (Å²) in [6.45, 7) is 5.91. The van der Waals surface area contributed by atoms with Gasteiger partial charge < -0.3 is 20.1 Å². The van der Waals surface area contributed by atoms with E-state index in [2.05, 4.69) is 17.6 Å². The third-order valence-electron chi connectivity index (χ3n) is 4.99. The molecule has 2 N–H and O–H groups in total. The van der Waals surface area contributed by atoms with Gasteiger partial charge in [-0.25, -0.2) is 4.39 Å². The largest absolute Gasteiger partial charge is 0.493 e. The quantitative estimate of drug-likeness (QED) is 0.750. The molecule has 1 amide bonds. The van der Waals surface area contributed by atoms with E-state index in [9.17, 15) is 9.18 Å². The molecule has 2 rings (SSSR count). The normalized spacial score (nSPS) is 19.0. The molecular formula is C19H30ClFN2O3. The Kier molecular flexibility index (Phi) is 9.16. The van der Waals surface area contributed by atoms with Crippen LogP contribution >= 0.6 is 12.4 Å². The monoisotopic (exact) mass is 388 g/mol. The molecule has 1 fully saturated rings. The molecule has 7 heteroatoms. The van der Waals surface area contributed by atoms with Gasteiger partial charge in [0.15, 0.2) is 11.5 Å². The molecule has 1 aromatic carbocycles. The van der Waals surface area contributed by atoms with Gasteiger partial charge in [0.25, 0.3) is 0 Å². The molecule has 3 unspecified atom stereocenters. The summed E-state index contributed by atoms with van der Waals surface area (Å²) in [7, 11) is 2.96. The van der Waals surface area contributed by atoms with Gasteiger partial charge in [0, 0.05) is 18.1 Å². The Bertz CT molecular complexity index is 594. The number of halogens is 2. The van der Waals surface area contributed by atoms with Gasteiger partial charge in [-0.2, -0.15) is 0 Å². The van der Waals surface area contributed by atoms with Crippen molar-refractivity contribution in [2.24, 2.45) is 11.8 Å². The summed E-state index contributed by atoms with van der Waals surface area (Å²) in [6.07, 6.45) is 2.76. The fraction of sp³-hybridized carbons (Fsp3) is 0.632. The highest BCUT2D eigenvalue weighted by molar-refractivity contribution is 5.85. The second-order valence-corrected chi connectivity index (χ2v) is 6.81. The van der Waals surface area contributed by atoms with Crippen molar-refractivity contribution >= 4 is 18.3 Å². The maximum atomic E-state index is 14.3. The van der Waals surface area contributed by atoms with Crippen LogP contribution in [0.25, 0.3) is 0 Å². The zero-order valence-corrected chi connectivity index (χ0v) is 16.7. The van der Waals surface area contributed by atoms with Crippen LogP contribution in [0.1, 0.15) is 44.7 Å². The molecule has 1 aromatic rings. The Morgan fingerprint density at radius 2 is 1.96 bits per heavy atom. The lowest BCUT2D eigenvalue weighted by Gasteiger charge is -2.28. The fourth-order valence-electron chi connectivity index (χ4n) is 3.40. The lowest BCUT2D eigenvalue weighted by atomic mass is 9.85. The van der Waals surface area contributed by atoms with Crippen molar-refractivity contribution in [2.45, 2.75) is 39.2 Å². The predicted octanol–water partition coefficient (Wildman–Crippen LogP) is 3.47. The molecule has 3 atom stereocenters. The molecule has 1 heterocycles. The Hall–Kier alpha value is -1.53. The van der Waals surface area contributed by atoms with E-state index in [0.29, 0.717) is 35.3 Å². The Morgan fingerprint density at radius 3 is 2.54 bits per heavy atom. The Balaban J connectivity index is 0.00000338. The van der Waals surface area contributed by atoms with Gasteiger partial charge in [0.1, 0.15) is 5.82 Å². The summed E-state index contributed by atoms with van der Waals surface area (Å²) >= 11 is 0. The van der Waals surface area contributed by atoms with Crippen LogP contribution in [-0.4, -0.2) is 33.2 Å².